The van der Waals surface area contributed by atoms with Gasteiger partial charge >= 0.3 is 0 Å². The molecule has 2 nitrogen and oxygen atoms in total. The first-order chi connectivity index (χ1) is 26.1. The molecule has 2 aliphatic rings. The highest BCUT2D eigenvalue weighted by Crippen LogP contribution is 2.43. The molecule has 0 saturated heterocycles. The van der Waals surface area contributed by atoms with Crippen molar-refractivity contribution in [2.45, 2.75) is 25.7 Å². The van der Waals surface area contributed by atoms with Gasteiger partial charge in [-0.25, -0.2) is 9.97 Å². The third kappa shape index (κ3) is 5.50. The molecule has 53 heavy (non-hydrogen) atoms. The van der Waals surface area contributed by atoms with Gasteiger partial charge in [-0.1, -0.05) is 147 Å². The van der Waals surface area contributed by atoms with Crippen LogP contribution in [0.2, 0.25) is 0 Å². The van der Waals surface area contributed by atoms with Gasteiger partial charge in [0.25, 0.3) is 0 Å². The lowest BCUT2D eigenvalue weighted by molar-refractivity contribution is 0.521. The molecule has 8 aromatic rings. The number of rotatable bonds is 5. The van der Waals surface area contributed by atoms with Crippen molar-refractivity contribution in [1.82, 2.24) is 9.97 Å². The first kappa shape index (κ1) is 31.4. The molecule has 0 saturated carbocycles. The molecule has 0 bridgehead atoms. The Balaban J connectivity index is 1.19. The Kier molecular flexibility index (Phi) is 7.51. The molecule has 2 atom stereocenters. The van der Waals surface area contributed by atoms with Crippen LogP contribution in [0.15, 0.2) is 188 Å². The van der Waals surface area contributed by atoms with E-state index in [0.29, 0.717) is 0 Å². The lowest BCUT2D eigenvalue weighted by Gasteiger charge is -2.31. The zero-order valence-corrected chi connectivity index (χ0v) is 29.7. The van der Waals surface area contributed by atoms with E-state index in [-0.39, 0.29) is 11.3 Å². The van der Waals surface area contributed by atoms with Gasteiger partial charge in [-0.05, 0) is 120 Å². The summed E-state index contributed by atoms with van der Waals surface area (Å²) in [5, 5.41) is 10.0. The van der Waals surface area contributed by atoms with Crippen LogP contribution in [-0.2, 0) is 0 Å². The van der Waals surface area contributed by atoms with Crippen LogP contribution >= 0.6 is 0 Å². The Morgan fingerprint density at radius 3 is 1.74 bits per heavy atom. The van der Waals surface area contributed by atoms with E-state index in [0.717, 1.165) is 29.9 Å². The summed E-state index contributed by atoms with van der Waals surface area (Å²) in [5.74, 6) is 0.977. The normalized spacial score (nSPS) is 18.3. The molecule has 0 amide bonds. The van der Waals surface area contributed by atoms with Crippen molar-refractivity contribution in [3.63, 3.8) is 0 Å². The molecule has 0 fully saturated rings. The highest BCUT2D eigenvalue weighted by Gasteiger charge is 2.28. The topological polar surface area (TPSA) is 25.8 Å². The van der Waals surface area contributed by atoms with Crippen LogP contribution in [0.5, 0.6) is 0 Å². The van der Waals surface area contributed by atoms with Gasteiger partial charge in [-0.2, -0.15) is 0 Å². The lowest BCUT2D eigenvalue weighted by atomic mass is 9.74. The van der Waals surface area contributed by atoms with Gasteiger partial charge in [0.1, 0.15) is 5.82 Å². The molecule has 1 aromatic heterocycles. The molecular weight excluding hydrogens is 641 g/mol. The summed E-state index contributed by atoms with van der Waals surface area (Å²) in [7, 11) is 0. The van der Waals surface area contributed by atoms with E-state index < -0.39 is 0 Å². The minimum absolute atomic E-state index is 0.0178. The highest BCUT2D eigenvalue weighted by atomic mass is 14.9. The summed E-state index contributed by atoms with van der Waals surface area (Å²) >= 11 is 0. The van der Waals surface area contributed by atoms with Crippen LogP contribution in [0.1, 0.15) is 31.5 Å². The Morgan fingerprint density at radius 1 is 0.566 bits per heavy atom. The molecule has 2 heteroatoms. The second-order valence-corrected chi connectivity index (χ2v) is 14.8. The van der Waals surface area contributed by atoms with Crippen molar-refractivity contribution in [2.24, 2.45) is 5.41 Å². The second-order valence-electron chi connectivity index (χ2n) is 14.8. The van der Waals surface area contributed by atoms with Crippen molar-refractivity contribution in [3.05, 3.63) is 194 Å². The summed E-state index contributed by atoms with van der Waals surface area (Å²) in [4.78, 5) is 10.2. The number of fused-ring (bicyclic) bond motifs is 6. The monoisotopic (exact) mass is 678 g/mol. The van der Waals surface area contributed by atoms with Gasteiger partial charge in [-0.15, -0.1) is 0 Å². The fourth-order valence-electron chi connectivity index (χ4n) is 8.57. The molecule has 2 unspecified atom stereocenters. The molecule has 252 valence electrons. The smallest absolute Gasteiger partial charge is 0.136 e. The third-order valence-electron chi connectivity index (χ3n) is 11.4. The van der Waals surface area contributed by atoms with E-state index in [4.69, 9.17) is 9.97 Å². The quantitative estimate of drug-likeness (QED) is 0.169. The van der Waals surface area contributed by atoms with Crippen molar-refractivity contribution in [2.75, 3.05) is 0 Å². The van der Waals surface area contributed by atoms with E-state index in [1.165, 1.54) is 70.9 Å². The van der Waals surface area contributed by atoms with Crippen molar-refractivity contribution in [1.29, 1.82) is 0 Å². The van der Waals surface area contributed by atoms with Crippen LogP contribution in [0.4, 0.5) is 0 Å². The average molecular weight is 679 g/mol. The maximum atomic E-state index is 5.34. The number of nitrogens with zero attached hydrogens (tertiary/aromatic N) is 2. The summed E-state index contributed by atoms with van der Waals surface area (Å²) in [6.07, 6.45) is 19.7. The molecule has 0 spiro atoms. The molecule has 10 rings (SSSR count). The van der Waals surface area contributed by atoms with Crippen molar-refractivity contribution < 1.29 is 0 Å². The Bertz CT molecular complexity index is 2730. The largest absolute Gasteiger partial charge is 0.241 e. The van der Waals surface area contributed by atoms with E-state index in [1.54, 1.807) is 0 Å². The number of allylic oxidation sites excluding steroid dienone is 8. The lowest BCUT2D eigenvalue weighted by Crippen LogP contribution is -2.19. The van der Waals surface area contributed by atoms with Gasteiger partial charge < -0.3 is 0 Å². The Labute approximate surface area is 310 Å². The predicted octanol–water partition coefficient (Wildman–Crippen LogP) is 13.6. The third-order valence-corrected chi connectivity index (χ3v) is 11.4. The van der Waals surface area contributed by atoms with Gasteiger partial charge in [0.2, 0.25) is 0 Å². The molecule has 0 aliphatic heterocycles. The summed E-state index contributed by atoms with van der Waals surface area (Å²) in [6, 6.07) is 48.9. The van der Waals surface area contributed by atoms with Gasteiger partial charge in [0.05, 0.1) is 5.69 Å². The molecule has 7 aromatic carbocycles. The fourth-order valence-corrected chi connectivity index (χ4v) is 8.57. The minimum atomic E-state index is -0.0178. The van der Waals surface area contributed by atoms with E-state index >= 15 is 0 Å². The first-order valence-electron chi connectivity index (χ1n) is 18.6. The number of hydrogen-bond acceptors (Lipinski definition) is 2. The maximum Gasteiger partial charge on any atom is 0.136 e. The summed E-state index contributed by atoms with van der Waals surface area (Å²) in [5.41, 5.74) is 8.11. The van der Waals surface area contributed by atoms with Gasteiger partial charge in [0.15, 0.2) is 0 Å². The molecule has 0 radical (unpaired) electrons. The standard InChI is InChI=1S/C51H38N2/c1-51(25-11-2-12-26-51)40-17-13-16-36(31-40)50-52-27-24-49(53-50)39-29-37(47-32-34-14-3-5-18-41(34)43-20-7-9-22-45(43)47)28-38(30-39)48-33-35-15-4-6-19-42(35)44-21-8-10-23-46(44)48/h2-15,17-25,27-33,36H,16,26H2,1H3. The summed E-state index contributed by atoms with van der Waals surface area (Å²) < 4.78 is 0. The second kappa shape index (κ2) is 12.7. The van der Waals surface area contributed by atoms with E-state index in [9.17, 15) is 0 Å². The van der Waals surface area contributed by atoms with Crippen molar-refractivity contribution in [3.8, 4) is 33.5 Å². The molecule has 1 heterocycles. The van der Waals surface area contributed by atoms with E-state index in [2.05, 4.69) is 183 Å². The zero-order chi connectivity index (χ0) is 35.4. The van der Waals surface area contributed by atoms with Gasteiger partial charge in [0, 0.05) is 23.1 Å². The zero-order valence-electron chi connectivity index (χ0n) is 29.7. The van der Waals surface area contributed by atoms with Crippen LogP contribution in [-0.4, -0.2) is 9.97 Å². The van der Waals surface area contributed by atoms with Crippen molar-refractivity contribution >= 4 is 43.1 Å². The van der Waals surface area contributed by atoms with E-state index in [1.807, 2.05) is 6.20 Å². The molecular formula is C51H38N2. The Hall–Kier alpha value is -6.38. The number of aromatic nitrogens is 2. The summed E-state index contributed by atoms with van der Waals surface area (Å²) in [6.45, 7) is 2.32. The van der Waals surface area contributed by atoms with Crippen LogP contribution in [0.25, 0.3) is 76.6 Å². The average Bonchev–Trinajstić information content (AvgIpc) is 3.23. The number of hydrogen-bond donors (Lipinski definition) is 0. The minimum Gasteiger partial charge on any atom is -0.241 e. The maximum absolute atomic E-state index is 5.34. The fraction of sp³-hybridized carbons (Fsp3) is 0.0980. The number of benzene rings is 7. The predicted molar refractivity (Wildman–Crippen MR) is 224 cm³/mol. The van der Waals surface area contributed by atoms with Crippen LogP contribution < -0.4 is 0 Å². The highest BCUT2D eigenvalue weighted by molar-refractivity contribution is 6.16. The van der Waals surface area contributed by atoms with Crippen LogP contribution in [0, 0.1) is 5.41 Å². The Morgan fingerprint density at radius 2 is 1.13 bits per heavy atom. The SMILES string of the molecule is CC1(C2=CC(c3nccc(-c4cc(-c5cc6ccccc6c6ccccc56)cc(-c5cc6ccccc6c6ccccc56)c4)n3)CC=C2)C=CC=CC1. The first-order valence-corrected chi connectivity index (χ1v) is 18.6. The molecule has 0 N–H and O–H groups in total. The molecule has 2 aliphatic carbocycles. The van der Waals surface area contributed by atoms with Crippen LogP contribution in [0.3, 0.4) is 0 Å². The van der Waals surface area contributed by atoms with Gasteiger partial charge in [-0.3, -0.25) is 0 Å².